The van der Waals surface area contributed by atoms with Crippen molar-refractivity contribution < 1.29 is 0 Å². The first kappa shape index (κ1) is 18.9. The first-order chi connectivity index (χ1) is 9.01. The lowest BCUT2D eigenvalue weighted by molar-refractivity contribution is 0.415. The minimum absolute atomic E-state index is 0.161. The molecule has 0 nitrogen and oxygen atoms in total. The van der Waals surface area contributed by atoms with E-state index in [9.17, 15) is 0 Å². The van der Waals surface area contributed by atoms with Gasteiger partial charge in [-0.15, -0.1) is 44.3 Å². The highest BCUT2D eigenvalue weighted by Gasteiger charge is 2.49. The van der Waals surface area contributed by atoms with Crippen LogP contribution in [0.15, 0.2) is 24.3 Å². The average Bonchev–Trinajstić information content (AvgIpc) is 2.31. The van der Waals surface area contributed by atoms with E-state index >= 15 is 0 Å². The lowest BCUT2D eigenvalue weighted by Gasteiger charge is -2.45. The van der Waals surface area contributed by atoms with Crippen LogP contribution >= 0.6 is 44.3 Å². The molecule has 0 heterocycles. The molecular formula is C14H22Cl4Si2. The summed E-state index contributed by atoms with van der Waals surface area (Å²) in [5.41, 5.74) is 2.46. The Balaban J connectivity index is 3.39. The van der Waals surface area contributed by atoms with E-state index < -0.39 is 14.8 Å². The second-order valence-corrected chi connectivity index (χ2v) is 17.3. The van der Waals surface area contributed by atoms with Crippen LogP contribution < -0.4 is 0 Å². The molecule has 0 saturated carbocycles. The molecule has 0 aliphatic carbocycles. The van der Waals surface area contributed by atoms with Gasteiger partial charge in [0.2, 0.25) is 14.8 Å². The lowest BCUT2D eigenvalue weighted by Crippen LogP contribution is -2.36. The molecule has 1 aromatic carbocycles. The molecule has 0 N–H and O–H groups in total. The van der Waals surface area contributed by atoms with Crippen LogP contribution in [0.3, 0.4) is 0 Å². The standard InChI is InChI=1S/C14H22Cl4Si2/c1-10-6-8-11(9-7-10)12(13(2,3)19(15)16)14(4,5)20(17)18/h6-9,12,19-20H,1-5H3. The van der Waals surface area contributed by atoms with Crippen molar-refractivity contribution in [1.82, 2.24) is 0 Å². The molecule has 6 heteroatoms. The number of aryl methyl sites for hydroxylation is 1. The van der Waals surface area contributed by atoms with Gasteiger partial charge in [-0.25, -0.2) is 0 Å². The van der Waals surface area contributed by atoms with E-state index in [0.717, 1.165) is 0 Å². The molecule has 1 aromatic rings. The van der Waals surface area contributed by atoms with Gasteiger partial charge in [0.1, 0.15) is 0 Å². The normalized spacial score (nSPS) is 13.6. The fourth-order valence-electron chi connectivity index (χ4n) is 2.83. The SMILES string of the molecule is Cc1ccc(C(C(C)(C)[SiH](Cl)Cl)C(C)(C)[SiH](Cl)Cl)cc1. The van der Waals surface area contributed by atoms with Crippen molar-refractivity contribution in [1.29, 1.82) is 0 Å². The quantitative estimate of drug-likeness (QED) is 0.427. The van der Waals surface area contributed by atoms with Gasteiger partial charge in [-0.2, -0.15) is 0 Å². The van der Waals surface area contributed by atoms with E-state index in [2.05, 4.69) is 58.9 Å². The molecule has 114 valence electrons. The second kappa shape index (κ2) is 6.93. The van der Waals surface area contributed by atoms with Crippen LogP contribution in [0, 0.1) is 6.92 Å². The molecule has 0 saturated heterocycles. The summed E-state index contributed by atoms with van der Waals surface area (Å²) in [4.78, 5) is 0. The van der Waals surface area contributed by atoms with E-state index in [4.69, 9.17) is 44.3 Å². The van der Waals surface area contributed by atoms with Crippen LogP contribution in [0.1, 0.15) is 44.7 Å². The first-order valence-electron chi connectivity index (χ1n) is 6.64. The number of halogens is 4. The molecule has 0 aromatic heterocycles. The van der Waals surface area contributed by atoms with Crippen molar-refractivity contribution in [2.24, 2.45) is 0 Å². The fourth-order valence-corrected chi connectivity index (χ4v) is 6.28. The Morgan fingerprint density at radius 1 is 0.800 bits per heavy atom. The number of rotatable bonds is 5. The van der Waals surface area contributed by atoms with E-state index in [1.807, 2.05) is 0 Å². The molecule has 0 unspecified atom stereocenters. The summed E-state index contributed by atoms with van der Waals surface area (Å²) in [7, 11) is -3.82. The zero-order valence-electron chi connectivity index (χ0n) is 12.6. The Kier molecular flexibility index (Phi) is 6.53. The van der Waals surface area contributed by atoms with Gasteiger partial charge in [0.25, 0.3) is 0 Å². The zero-order chi connectivity index (χ0) is 15.7. The van der Waals surface area contributed by atoms with Crippen LogP contribution in [0.25, 0.3) is 0 Å². The number of benzene rings is 1. The maximum atomic E-state index is 6.39. The Bertz CT molecular complexity index is 421. The van der Waals surface area contributed by atoms with Gasteiger partial charge in [-0.05, 0) is 28.5 Å². The predicted molar refractivity (Wildman–Crippen MR) is 99.7 cm³/mol. The van der Waals surface area contributed by atoms with Crippen LogP contribution in [-0.2, 0) is 0 Å². The van der Waals surface area contributed by atoms with Crippen LogP contribution in [0.2, 0.25) is 10.1 Å². The van der Waals surface area contributed by atoms with Crippen LogP contribution in [0.5, 0.6) is 0 Å². The first-order valence-corrected chi connectivity index (χ1v) is 14.8. The van der Waals surface area contributed by atoms with E-state index in [1.165, 1.54) is 11.1 Å². The maximum Gasteiger partial charge on any atom is 0.243 e. The molecule has 0 spiro atoms. The lowest BCUT2D eigenvalue weighted by atomic mass is 9.78. The number of hydrogen-bond acceptors (Lipinski definition) is 0. The summed E-state index contributed by atoms with van der Waals surface area (Å²) >= 11 is 25.6. The monoisotopic (exact) mass is 386 g/mol. The van der Waals surface area contributed by atoms with E-state index in [1.54, 1.807) is 0 Å². The summed E-state index contributed by atoms with van der Waals surface area (Å²) in [6.45, 7) is 10.6. The molecule has 0 radical (unpaired) electrons. The molecule has 0 atom stereocenters. The third kappa shape index (κ3) is 3.96. The Morgan fingerprint density at radius 3 is 1.45 bits per heavy atom. The Labute approximate surface area is 144 Å². The molecule has 0 aliphatic rings. The van der Waals surface area contributed by atoms with Crippen LogP contribution in [0.4, 0.5) is 0 Å². The van der Waals surface area contributed by atoms with Crippen molar-refractivity contribution in [3.63, 3.8) is 0 Å². The number of hydrogen-bond donors (Lipinski definition) is 0. The fraction of sp³-hybridized carbons (Fsp3) is 0.571. The van der Waals surface area contributed by atoms with Gasteiger partial charge in [0, 0.05) is 0 Å². The third-order valence-corrected chi connectivity index (χ3v) is 13.7. The van der Waals surface area contributed by atoms with Crippen molar-refractivity contribution in [3.8, 4) is 0 Å². The van der Waals surface area contributed by atoms with Gasteiger partial charge in [-0.1, -0.05) is 57.5 Å². The van der Waals surface area contributed by atoms with Crippen molar-refractivity contribution >= 4 is 59.1 Å². The van der Waals surface area contributed by atoms with Gasteiger partial charge >= 0.3 is 0 Å². The topological polar surface area (TPSA) is 0 Å². The minimum atomic E-state index is -1.91. The third-order valence-electron chi connectivity index (χ3n) is 4.02. The maximum absolute atomic E-state index is 6.39. The predicted octanol–water partition coefficient (Wildman–Crippen LogP) is 6.04. The summed E-state index contributed by atoms with van der Waals surface area (Å²) < 4.78 is 0. The minimum Gasteiger partial charge on any atom is -0.150 e. The molecular weight excluding hydrogens is 366 g/mol. The molecule has 0 aliphatic heterocycles. The highest BCUT2D eigenvalue weighted by molar-refractivity contribution is 7.36. The van der Waals surface area contributed by atoms with Crippen molar-refractivity contribution in [2.45, 2.75) is 50.6 Å². The highest BCUT2D eigenvalue weighted by atomic mass is 35.7. The summed E-state index contributed by atoms with van der Waals surface area (Å²) in [5, 5.41) is -0.367. The largest absolute Gasteiger partial charge is 0.243 e. The molecule has 1 rings (SSSR count). The van der Waals surface area contributed by atoms with Gasteiger partial charge < -0.3 is 0 Å². The Morgan fingerprint density at radius 2 is 1.15 bits per heavy atom. The summed E-state index contributed by atoms with van der Waals surface area (Å²) in [6, 6.07) is 8.54. The van der Waals surface area contributed by atoms with E-state index in [-0.39, 0.29) is 16.0 Å². The van der Waals surface area contributed by atoms with Gasteiger partial charge in [-0.3, -0.25) is 0 Å². The van der Waals surface area contributed by atoms with E-state index in [0.29, 0.717) is 0 Å². The zero-order valence-corrected chi connectivity index (χ0v) is 17.9. The Hall–Kier alpha value is 0.814. The summed E-state index contributed by atoms with van der Waals surface area (Å²) in [5.74, 6) is 0.161. The van der Waals surface area contributed by atoms with Gasteiger partial charge in [0.15, 0.2) is 0 Å². The molecule has 0 fully saturated rings. The molecule has 0 amide bonds. The van der Waals surface area contributed by atoms with Gasteiger partial charge in [0.05, 0.1) is 0 Å². The van der Waals surface area contributed by atoms with Crippen molar-refractivity contribution in [3.05, 3.63) is 35.4 Å². The van der Waals surface area contributed by atoms with Crippen molar-refractivity contribution in [2.75, 3.05) is 0 Å². The van der Waals surface area contributed by atoms with Crippen LogP contribution in [-0.4, -0.2) is 14.8 Å². The molecule has 0 bridgehead atoms. The second-order valence-electron chi connectivity index (χ2n) is 6.59. The molecule has 20 heavy (non-hydrogen) atoms. The average molecular weight is 388 g/mol. The highest BCUT2D eigenvalue weighted by Crippen LogP contribution is 2.60. The summed E-state index contributed by atoms with van der Waals surface area (Å²) in [6.07, 6.45) is 0. The smallest absolute Gasteiger partial charge is 0.150 e.